The van der Waals surface area contributed by atoms with E-state index >= 15 is 0 Å². The van der Waals surface area contributed by atoms with Crippen LogP contribution in [-0.2, 0) is 9.59 Å². The highest BCUT2D eigenvalue weighted by molar-refractivity contribution is 5.84. The van der Waals surface area contributed by atoms with Gasteiger partial charge in [0.1, 0.15) is 0 Å². The summed E-state index contributed by atoms with van der Waals surface area (Å²) in [5.41, 5.74) is 5.75. The summed E-state index contributed by atoms with van der Waals surface area (Å²) in [6.45, 7) is 1.22. The molecular weight excluding hydrogens is 336 g/mol. The van der Waals surface area contributed by atoms with Crippen LogP contribution in [-0.4, -0.2) is 60.6 Å². The maximum Gasteiger partial charge on any atom is 0.312 e. The lowest BCUT2D eigenvalue weighted by Gasteiger charge is -2.33. The minimum atomic E-state index is -0.727. The average molecular weight is 362 g/mol. The molecule has 1 aliphatic heterocycles. The van der Waals surface area contributed by atoms with E-state index in [1.165, 1.54) is 0 Å². The van der Waals surface area contributed by atoms with Gasteiger partial charge in [-0.05, 0) is 24.3 Å². The van der Waals surface area contributed by atoms with Gasteiger partial charge in [0.2, 0.25) is 11.8 Å². The molecule has 142 valence electrons. The highest BCUT2D eigenvalue weighted by Gasteiger charge is 2.25. The Kier molecular flexibility index (Phi) is 7.40. The number of benzene rings is 1. The van der Waals surface area contributed by atoms with Crippen molar-refractivity contribution < 1.29 is 19.5 Å². The molecule has 1 aliphatic rings. The molecule has 8 heteroatoms. The molecule has 1 fully saturated rings. The lowest BCUT2D eigenvalue weighted by molar-refractivity contribution is -0.131. The summed E-state index contributed by atoms with van der Waals surface area (Å²) < 4.78 is 0. The Labute approximate surface area is 152 Å². The van der Waals surface area contributed by atoms with Gasteiger partial charge in [-0.1, -0.05) is 30.3 Å². The van der Waals surface area contributed by atoms with Crippen molar-refractivity contribution in [2.24, 2.45) is 11.7 Å². The molecule has 0 spiro atoms. The first-order chi connectivity index (χ1) is 12.5. The zero-order valence-corrected chi connectivity index (χ0v) is 14.7. The summed E-state index contributed by atoms with van der Waals surface area (Å²) in [4.78, 5) is 36.8. The lowest BCUT2D eigenvalue weighted by Crippen LogP contribution is -2.48. The summed E-state index contributed by atoms with van der Waals surface area (Å²) in [6, 6.07) is 8.42. The van der Waals surface area contributed by atoms with E-state index in [2.05, 4.69) is 10.6 Å². The first-order valence-corrected chi connectivity index (χ1v) is 8.76. The number of carbonyl (C=O) groups is 3. The number of aliphatic hydroxyl groups excluding tert-OH is 1. The molecule has 8 nitrogen and oxygen atoms in total. The van der Waals surface area contributed by atoms with Crippen LogP contribution < -0.4 is 16.4 Å². The van der Waals surface area contributed by atoms with Crippen LogP contribution in [0.2, 0.25) is 0 Å². The Hall–Kier alpha value is -2.61. The lowest BCUT2D eigenvalue weighted by atomic mass is 9.96. The molecule has 5 N–H and O–H groups in total. The minimum Gasteiger partial charge on any atom is -0.395 e. The molecule has 0 radical (unpaired) electrons. The van der Waals surface area contributed by atoms with E-state index < -0.39 is 11.9 Å². The number of piperidine rings is 1. The van der Waals surface area contributed by atoms with Crippen molar-refractivity contribution in [3.63, 3.8) is 0 Å². The van der Waals surface area contributed by atoms with Crippen LogP contribution in [0.3, 0.4) is 0 Å². The van der Waals surface area contributed by atoms with Gasteiger partial charge in [0.05, 0.1) is 19.1 Å². The van der Waals surface area contributed by atoms with Crippen molar-refractivity contribution in [1.29, 1.82) is 0 Å². The maximum absolute atomic E-state index is 12.4. The number of aliphatic hydroxyl groups is 1. The van der Waals surface area contributed by atoms with Gasteiger partial charge in [-0.3, -0.25) is 9.59 Å². The topological polar surface area (TPSA) is 125 Å². The van der Waals surface area contributed by atoms with Gasteiger partial charge in [0.25, 0.3) is 0 Å². The number of carbonyl (C=O) groups excluding carboxylic acids is 3. The third-order valence-electron chi connectivity index (χ3n) is 4.55. The fourth-order valence-corrected chi connectivity index (χ4v) is 3.13. The van der Waals surface area contributed by atoms with E-state index in [9.17, 15) is 19.5 Å². The van der Waals surface area contributed by atoms with Gasteiger partial charge >= 0.3 is 6.03 Å². The van der Waals surface area contributed by atoms with Crippen LogP contribution in [0.15, 0.2) is 30.3 Å². The van der Waals surface area contributed by atoms with Crippen LogP contribution in [0, 0.1) is 5.92 Å². The van der Waals surface area contributed by atoms with Crippen LogP contribution in [0.4, 0.5) is 4.79 Å². The summed E-state index contributed by atoms with van der Waals surface area (Å²) >= 11 is 0. The molecule has 1 heterocycles. The highest BCUT2D eigenvalue weighted by atomic mass is 16.3. The first-order valence-electron chi connectivity index (χ1n) is 8.76. The zero-order valence-electron chi connectivity index (χ0n) is 14.7. The maximum atomic E-state index is 12.4. The van der Waals surface area contributed by atoms with E-state index in [1.54, 1.807) is 4.90 Å². The van der Waals surface area contributed by atoms with Crippen LogP contribution in [0.1, 0.15) is 24.3 Å². The minimum absolute atomic E-state index is 0.116. The van der Waals surface area contributed by atoms with E-state index in [0.717, 1.165) is 18.4 Å². The summed E-state index contributed by atoms with van der Waals surface area (Å²) in [6.07, 6.45) is 1.74. The van der Waals surface area contributed by atoms with Crippen molar-refractivity contribution in [3.05, 3.63) is 35.9 Å². The molecular formula is C18H26N4O4. The standard InChI is InChI=1S/C18H26N4O4/c19-18(26)21-10-16(24)22-8-4-5-13(11-22)9-20-17(25)15(12-23)14-6-2-1-3-7-14/h1-3,6-7,13,15,23H,4-5,8-12H2,(H,20,25)(H3,19,21,26)/t13-,15?/m0/s1. The smallest absolute Gasteiger partial charge is 0.312 e. The number of likely N-dealkylation sites (tertiary alicyclic amines) is 1. The number of hydrogen-bond donors (Lipinski definition) is 4. The Morgan fingerprint density at radius 2 is 1.96 bits per heavy atom. The summed E-state index contributed by atoms with van der Waals surface area (Å²) in [7, 11) is 0. The fraction of sp³-hybridized carbons (Fsp3) is 0.500. The molecule has 1 unspecified atom stereocenters. The molecule has 0 aliphatic carbocycles. The van der Waals surface area contributed by atoms with E-state index in [0.29, 0.717) is 19.6 Å². The van der Waals surface area contributed by atoms with Crippen molar-refractivity contribution in [2.45, 2.75) is 18.8 Å². The van der Waals surface area contributed by atoms with Crippen molar-refractivity contribution in [1.82, 2.24) is 15.5 Å². The molecule has 1 saturated heterocycles. The number of nitrogens with one attached hydrogen (secondary N) is 2. The Bertz CT molecular complexity index is 623. The second kappa shape index (κ2) is 9.76. The molecule has 1 aromatic rings. The third-order valence-corrected chi connectivity index (χ3v) is 4.55. The molecule has 26 heavy (non-hydrogen) atoms. The number of rotatable bonds is 7. The van der Waals surface area contributed by atoms with Crippen molar-refractivity contribution in [3.8, 4) is 0 Å². The van der Waals surface area contributed by atoms with Crippen LogP contribution in [0.25, 0.3) is 0 Å². The summed E-state index contributed by atoms with van der Waals surface area (Å²) in [5.74, 6) is -0.868. The Morgan fingerprint density at radius 3 is 2.62 bits per heavy atom. The predicted molar refractivity (Wildman–Crippen MR) is 96.2 cm³/mol. The van der Waals surface area contributed by atoms with Gasteiger partial charge in [-0.2, -0.15) is 0 Å². The molecule has 0 saturated carbocycles. The first kappa shape index (κ1) is 19.7. The molecule has 4 amide bonds. The van der Waals surface area contributed by atoms with Crippen LogP contribution in [0.5, 0.6) is 0 Å². The molecule has 2 atom stereocenters. The number of nitrogens with two attached hydrogens (primary N) is 1. The van der Waals surface area contributed by atoms with E-state index in [-0.39, 0.29) is 30.9 Å². The molecule has 1 aromatic carbocycles. The number of urea groups is 1. The Balaban J connectivity index is 1.83. The molecule has 2 rings (SSSR count). The van der Waals surface area contributed by atoms with Gasteiger partial charge < -0.3 is 26.4 Å². The van der Waals surface area contributed by atoms with Gasteiger partial charge in [0, 0.05) is 19.6 Å². The SMILES string of the molecule is NC(=O)NCC(=O)N1CCC[C@@H](CNC(=O)C(CO)c2ccccc2)C1. The number of hydrogen-bond acceptors (Lipinski definition) is 4. The van der Waals surface area contributed by atoms with E-state index in [1.807, 2.05) is 30.3 Å². The predicted octanol–water partition coefficient (Wildman–Crippen LogP) is -0.214. The number of primary amides is 1. The second-order valence-corrected chi connectivity index (χ2v) is 6.46. The quantitative estimate of drug-likeness (QED) is 0.535. The van der Waals surface area contributed by atoms with Crippen molar-refractivity contribution in [2.75, 3.05) is 32.8 Å². The average Bonchev–Trinajstić information content (AvgIpc) is 2.66. The molecule has 0 bridgehead atoms. The van der Waals surface area contributed by atoms with Crippen molar-refractivity contribution >= 4 is 17.8 Å². The fourth-order valence-electron chi connectivity index (χ4n) is 3.13. The monoisotopic (exact) mass is 362 g/mol. The van der Waals surface area contributed by atoms with Gasteiger partial charge in [0.15, 0.2) is 0 Å². The van der Waals surface area contributed by atoms with Crippen LogP contribution >= 0.6 is 0 Å². The largest absolute Gasteiger partial charge is 0.395 e. The third kappa shape index (κ3) is 5.73. The van der Waals surface area contributed by atoms with Gasteiger partial charge in [-0.15, -0.1) is 0 Å². The zero-order chi connectivity index (χ0) is 18.9. The number of amides is 4. The van der Waals surface area contributed by atoms with Gasteiger partial charge in [-0.25, -0.2) is 4.79 Å². The summed E-state index contributed by atoms with van der Waals surface area (Å²) in [5, 5.41) is 14.7. The highest BCUT2D eigenvalue weighted by Crippen LogP contribution is 2.18. The molecule has 0 aromatic heterocycles. The number of nitrogens with zero attached hydrogens (tertiary/aromatic N) is 1. The second-order valence-electron chi connectivity index (χ2n) is 6.46. The van der Waals surface area contributed by atoms with E-state index in [4.69, 9.17) is 5.73 Å². The normalized spacial score (nSPS) is 18.0. The Morgan fingerprint density at radius 1 is 1.23 bits per heavy atom.